The summed E-state index contributed by atoms with van der Waals surface area (Å²) in [7, 11) is 2.18. The number of benzene rings is 1. The van der Waals surface area contributed by atoms with Gasteiger partial charge in [0, 0.05) is 25.3 Å². The summed E-state index contributed by atoms with van der Waals surface area (Å²) in [6.07, 6.45) is 5.33. The van der Waals surface area contributed by atoms with Gasteiger partial charge in [-0.1, -0.05) is 18.2 Å². The second-order valence-corrected chi connectivity index (χ2v) is 4.69. The molecule has 0 aliphatic carbocycles. The lowest BCUT2D eigenvalue weighted by Crippen LogP contribution is -2.24. The van der Waals surface area contributed by atoms with Crippen LogP contribution in [0.25, 0.3) is 0 Å². The third kappa shape index (κ3) is 3.24. The van der Waals surface area contributed by atoms with Crippen LogP contribution in [0.15, 0.2) is 30.3 Å². The van der Waals surface area contributed by atoms with Gasteiger partial charge in [-0.2, -0.15) is 0 Å². The summed E-state index contributed by atoms with van der Waals surface area (Å²) in [5, 5.41) is 3.55. The van der Waals surface area contributed by atoms with E-state index in [1.807, 2.05) is 0 Å². The molecule has 0 bridgehead atoms. The van der Waals surface area contributed by atoms with Crippen molar-refractivity contribution < 1.29 is 0 Å². The summed E-state index contributed by atoms with van der Waals surface area (Å²) < 4.78 is 0. The Hall–Kier alpha value is -1.02. The summed E-state index contributed by atoms with van der Waals surface area (Å²) in [6.45, 7) is 2.38. The molecule has 0 saturated carbocycles. The highest BCUT2D eigenvalue weighted by molar-refractivity contribution is 5.44. The molecule has 2 nitrogen and oxygen atoms in total. The van der Waals surface area contributed by atoms with Gasteiger partial charge in [0.05, 0.1) is 0 Å². The summed E-state index contributed by atoms with van der Waals surface area (Å²) >= 11 is 0. The van der Waals surface area contributed by atoms with Gasteiger partial charge in [0.25, 0.3) is 0 Å². The number of hydrogen-bond acceptors (Lipinski definition) is 2. The predicted molar refractivity (Wildman–Crippen MR) is 70.0 cm³/mol. The van der Waals surface area contributed by atoms with E-state index in [9.17, 15) is 0 Å². The van der Waals surface area contributed by atoms with E-state index in [2.05, 4.69) is 47.6 Å². The highest BCUT2D eigenvalue weighted by atomic mass is 15.1. The molecule has 1 heterocycles. The zero-order valence-corrected chi connectivity index (χ0v) is 10.2. The van der Waals surface area contributed by atoms with Crippen LogP contribution < -0.4 is 10.2 Å². The number of hydrogen-bond donors (Lipinski definition) is 1. The van der Waals surface area contributed by atoms with Crippen LogP contribution in [-0.2, 0) is 0 Å². The van der Waals surface area contributed by atoms with Gasteiger partial charge in [-0.15, -0.1) is 0 Å². The number of nitrogens with zero attached hydrogens (tertiary/aromatic N) is 1. The molecule has 0 spiro atoms. The zero-order chi connectivity index (χ0) is 11.2. The van der Waals surface area contributed by atoms with E-state index in [-0.39, 0.29) is 0 Å². The van der Waals surface area contributed by atoms with E-state index in [1.54, 1.807) is 0 Å². The standard InChI is InChI=1S/C14H22N2/c1-16(14-9-3-2-4-10-14)12-6-8-13-7-5-11-15-13/h2-4,9-10,13,15H,5-8,11-12H2,1H3. The van der Waals surface area contributed by atoms with Crippen molar-refractivity contribution in [3.8, 4) is 0 Å². The van der Waals surface area contributed by atoms with Gasteiger partial charge in [-0.3, -0.25) is 0 Å². The first-order chi connectivity index (χ1) is 7.86. The molecule has 1 unspecified atom stereocenters. The van der Waals surface area contributed by atoms with Crippen LogP contribution in [0.3, 0.4) is 0 Å². The van der Waals surface area contributed by atoms with Gasteiger partial charge >= 0.3 is 0 Å². The molecular weight excluding hydrogens is 196 g/mol. The smallest absolute Gasteiger partial charge is 0.0363 e. The zero-order valence-electron chi connectivity index (χ0n) is 10.2. The second kappa shape index (κ2) is 5.90. The Balaban J connectivity index is 1.69. The molecule has 1 aliphatic heterocycles. The fourth-order valence-electron chi connectivity index (χ4n) is 2.39. The highest BCUT2D eigenvalue weighted by Crippen LogP contribution is 2.14. The Kier molecular flexibility index (Phi) is 4.23. The summed E-state index contributed by atoms with van der Waals surface area (Å²) in [5.41, 5.74) is 1.32. The van der Waals surface area contributed by atoms with E-state index in [0.29, 0.717) is 0 Å². The minimum absolute atomic E-state index is 0.782. The number of nitrogens with one attached hydrogen (secondary N) is 1. The molecule has 1 N–H and O–H groups in total. The Bertz CT molecular complexity index is 291. The van der Waals surface area contributed by atoms with Crippen molar-refractivity contribution in [3.63, 3.8) is 0 Å². The van der Waals surface area contributed by atoms with Gasteiger partial charge in [-0.05, 0) is 44.4 Å². The van der Waals surface area contributed by atoms with Gasteiger partial charge in [-0.25, -0.2) is 0 Å². The minimum atomic E-state index is 0.782. The molecule has 1 aromatic rings. The van der Waals surface area contributed by atoms with Crippen molar-refractivity contribution in [1.29, 1.82) is 0 Å². The monoisotopic (exact) mass is 218 g/mol. The largest absolute Gasteiger partial charge is 0.375 e. The molecule has 1 fully saturated rings. The van der Waals surface area contributed by atoms with Crippen LogP contribution in [0, 0.1) is 0 Å². The maximum absolute atomic E-state index is 3.55. The maximum atomic E-state index is 3.55. The molecular formula is C14H22N2. The molecule has 1 aromatic carbocycles. The molecule has 1 saturated heterocycles. The molecule has 2 rings (SSSR count). The van der Waals surface area contributed by atoms with Crippen molar-refractivity contribution in [1.82, 2.24) is 5.32 Å². The molecule has 16 heavy (non-hydrogen) atoms. The SMILES string of the molecule is CN(CCCC1CCCN1)c1ccccc1. The normalized spacial score (nSPS) is 19.9. The number of rotatable bonds is 5. The molecule has 88 valence electrons. The average Bonchev–Trinajstić information content (AvgIpc) is 2.83. The summed E-state index contributed by atoms with van der Waals surface area (Å²) in [5.74, 6) is 0. The molecule has 1 atom stereocenters. The van der Waals surface area contributed by atoms with Crippen LogP contribution in [0.5, 0.6) is 0 Å². The number of anilines is 1. The van der Waals surface area contributed by atoms with Crippen molar-refractivity contribution in [3.05, 3.63) is 30.3 Å². The molecule has 2 heteroatoms. The van der Waals surface area contributed by atoms with E-state index in [4.69, 9.17) is 0 Å². The Labute approximate surface area is 98.7 Å². The molecule has 0 radical (unpaired) electrons. The van der Waals surface area contributed by atoms with Crippen LogP contribution in [-0.4, -0.2) is 26.2 Å². The predicted octanol–water partition coefficient (Wildman–Crippen LogP) is 2.66. The topological polar surface area (TPSA) is 15.3 Å². The average molecular weight is 218 g/mol. The van der Waals surface area contributed by atoms with Crippen LogP contribution in [0.2, 0.25) is 0 Å². The van der Waals surface area contributed by atoms with Gasteiger partial charge in [0.15, 0.2) is 0 Å². The van der Waals surface area contributed by atoms with Crippen molar-refractivity contribution >= 4 is 5.69 Å². The Morgan fingerprint density at radius 3 is 2.81 bits per heavy atom. The Morgan fingerprint density at radius 1 is 1.31 bits per heavy atom. The first-order valence-electron chi connectivity index (χ1n) is 6.36. The third-order valence-electron chi connectivity index (χ3n) is 3.41. The maximum Gasteiger partial charge on any atom is 0.0363 e. The first-order valence-corrected chi connectivity index (χ1v) is 6.36. The lowest BCUT2D eigenvalue weighted by molar-refractivity contribution is 0.536. The fraction of sp³-hybridized carbons (Fsp3) is 0.571. The van der Waals surface area contributed by atoms with Gasteiger partial charge < -0.3 is 10.2 Å². The lowest BCUT2D eigenvalue weighted by Gasteiger charge is -2.20. The van der Waals surface area contributed by atoms with E-state index < -0.39 is 0 Å². The second-order valence-electron chi connectivity index (χ2n) is 4.69. The third-order valence-corrected chi connectivity index (χ3v) is 3.41. The highest BCUT2D eigenvalue weighted by Gasteiger charge is 2.13. The van der Waals surface area contributed by atoms with E-state index in [1.165, 1.54) is 37.9 Å². The minimum Gasteiger partial charge on any atom is -0.375 e. The molecule has 0 aromatic heterocycles. The molecule has 0 amide bonds. The summed E-state index contributed by atoms with van der Waals surface area (Å²) in [4.78, 5) is 2.34. The van der Waals surface area contributed by atoms with E-state index in [0.717, 1.165) is 12.6 Å². The lowest BCUT2D eigenvalue weighted by atomic mass is 10.1. The van der Waals surface area contributed by atoms with Crippen molar-refractivity contribution in [2.45, 2.75) is 31.7 Å². The quantitative estimate of drug-likeness (QED) is 0.817. The summed E-state index contributed by atoms with van der Waals surface area (Å²) in [6, 6.07) is 11.4. The fourth-order valence-corrected chi connectivity index (χ4v) is 2.39. The van der Waals surface area contributed by atoms with Crippen molar-refractivity contribution in [2.75, 3.05) is 25.0 Å². The first kappa shape index (κ1) is 11.5. The van der Waals surface area contributed by atoms with Crippen LogP contribution in [0.4, 0.5) is 5.69 Å². The number of para-hydroxylation sites is 1. The van der Waals surface area contributed by atoms with Gasteiger partial charge in [0.2, 0.25) is 0 Å². The molecule has 1 aliphatic rings. The van der Waals surface area contributed by atoms with Crippen LogP contribution in [0.1, 0.15) is 25.7 Å². The van der Waals surface area contributed by atoms with E-state index >= 15 is 0 Å². The van der Waals surface area contributed by atoms with Gasteiger partial charge in [0.1, 0.15) is 0 Å². The van der Waals surface area contributed by atoms with Crippen molar-refractivity contribution in [2.24, 2.45) is 0 Å². The Morgan fingerprint density at radius 2 is 2.12 bits per heavy atom. The van der Waals surface area contributed by atoms with Crippen LogP contribution >= 0.6 is 0 Å².